The van der Waals surface area contributed by atoms with E-state index in [0.717, 1.165) is 24.0 Å². The zero-order valence-electron chi connectivity index (χ0n) is 16.4. The van der Waals surface area contributed by atoms with Crippen LogP contribution in [-0.4, -0.2) is 30.1 Å². The Bertz CT molecular complexity index is 795. The molecule has 0 saturated carbocycles. The van der Waals surface area contributed by atoms with Crippen molar-refractivity contribution in [2.24, 2.45) is 5.41 Å². The molecule has 0 N–H and O–H groups in total. The number of hydrogen-bond donors (Lipinski definition) is 0. The van der Waals surface area contributed by atoms with E-state index in [-0.39, 0.29) is 19.6 Å². The maximum Gasteiger partial charge on any atom is 0.414 e. The Kier molecular flexibility index (Phi) is 7.39. The van der Waals surface area contributed by atoms with Gasteiger partial charge in [0.25, 0.3) is 0 Å². The van der Waals surface area contributed by atoms with E-state index >= 15 is 0 Å². The van der Waals surface area contributed by atoms with E-state index in [1.165, 1.54) is 4.90 Å². The second-order valence-corrected chi connectivity index (χ2v) is 6.94. The van der Waals surface area contributed by atoms with Crippen LogP contribution in [-0.2, 0) is 20.9 Å². The average Bonchev–Trinajstić information content (AvgIpc) is 2.72. The molecule has 0 saturated heterocycles. The van der Waals surface area contributed by atoms with Crippen LogP contribution in [0.3, 0.4) is 0 Å². The highest BCUT2D eigenvalue weighted by Gasteiger charge is 2.36. The minimum absolute atomic E-state index is 0.154. The predicted molar refractivity (Wildman–Crippen MR) is 105 cm³/mol. The summed E-state index contributed by atoms with van der Waals surface area (Å²) in [7, 11) is 0. The van der Waals surface area contributed by atoms with E-state index < -0.39 is 17.5 Å². The Labute approximate surface area is 166 Å². The van der Waals surface area contributed by atoms with Crippen molar-refractivity contribution < 1.29 is 19.1 Å². The number of rotatable bonds is 7. The van der Waals surface area contributed by atoms with Gasteiger partial charge in [0.1, 0.15) is 6.61 Å². The van der Waals surface area contributed by atoms with Crippen molar-refractivity contribution in [3.05, 3.63) is 59.8 Å². The largest absolute Gasteiger partial charge is 0.465 e. The fourth-order valence-electron chi connectivity index (χ4n) is 2.96. The Balaban J connectivity index is 2.01. The number of allylic oxidation sites excluding steroid dienone is 2. The molecule has 1 atom stereocenters. The highest BCUT2D eigenvalue weighted by atomic mass is 16.6. The lowest BCUT2D eigenvalue weighted by molar-refractivity contribution is -0.151. The van der Waals surface area contributed by atoms with Gasteiger partial charge in [0.15, 0.2) is 5.41 Å². The van der Waals surface area contributed by atoms with Crippen molar-refractivity contribution >= 4 is 12.1 Å². The van der Waals surface area contributed by atoms with Gasteiger partial charge in [-0.2, -0.15) is 5.26 Å². The van der Waals surface area contributed by atoms with Crippen LogP contribution in [0.15, 0.2) is 54.3 Å². The number of carbonyl (C=O) groups is 2. The minimum atomic E-state index is -1.30. The van der Waals surface area contributed by atoms with E-state index in [9.17, 15) is 14.9 Å². The first-order chi connectivity index (χ1) is 13.4. The van der Waals surface area contributed by atoms with Gasteiger partial charge in [-0.1, -0.05) is 36.9 Å². The molecule has 1 aliphatic rings. The van der Waals surface area contributed by atoms with Crippen LogP contribution in [0.4, 0.5) is 4.79 Å². The lowest BCUT2D eigenvalue weighted by atomic mass is 9.82. The Morgan fingerprint density at radius 2 is 2.00 bits per heavy atom. The molecule has 1 unspecified atom stereocenters. The summed E-state index contributed by atoms with van der Waals surface area (Å²) in [5.41, 5.74) is 1.11. The summed E-state index contributed by atoms with van der Waals surface area (Å²) >= 11 is 0. The first kappa shape index (κ1) is 21.2. The maximum atomic E-state index is 12.4. The smallest absolute Gasteiger partial charge is 0.414 e. The standard InChI is InChI=1S/C22H26N2O4/c1-4-27-20(25)22(3,16-23)13-17(2)19-11-8-12-24(14-19)21(26)28-15-18-9-6-5-7-10-18/h5-7,9-10,14H,2,4,8,11-13,15H2,1,3H3. The maximum absolute atomic E-state index is 12.4. The second-order valence-electron chi connectivity index (χ2n) is 6.94. The van der Waals surface area contributed by atoms with Crippen LogP contribution in [0.25, 0.3) is 0 Å². The van der Waals surface area contributed by atoms with Crippen LogP contribution >= 0.6 is 0 Å². The summed E-state index contributed by atoms with van der Waals surface area (Å²) in [6.07, 6.45) is 2.92. The highest BCUT2D eigenvalue weighted by Crippen LogP contribution is 2.32. The van der Waals surface area contributed by atoms with E-state index in [1.54, 1.807) is 20.0 Å². The van der Waals surface area contributed by atoms with E-state index in [1.807, 2.05) is 36.4 Å². The summed E-state index contributed by atoms with van der Waals surface area (Å²) in [4.78, 5) is 26.0. The topological polar surface area (TPSA) is 79.6 Å². The fraction of sp³-hybridized carbons (Fsp3) is 0.409. The van der Waals surface area contributed by atoms with Crippen molar-refractivity contribution in [1.82, 2.24) is 4.90 Å². The van der Waals surface area contributed by atoms with E-state index in [4.69, 9.17) is 9.47 Å². The van der Waals surface area contributed by atoms with Crippen LogP contribution in [0, 0.1) is 16.7 Å². The molecule has 28 heavy (non-hydrogen) atoms. The number of amides is 1. The molecule has 6 heteroatoms. The Morgan fingerprint density at radius 1 is 1.29 bits per heavy atom. The first-order valence-corrected chi connectivity index (χ1v) is 9.34. The van der Waals surface area contributed by atoms with Crippen LogP contribution < -0.4 is 0 Å². The zero-order chi connectivity index (χ0) is 20.6. The number of nitriles is 1. The van der Waals surface area contributed by atoms with Crippen molar-refractivity contribution in [2.45, 2.75) is 39.7 Å². The lowest BCUT2D eigenvalue weighted by Gasteiger charge is -2.27. The van der Waals surface area contributed by atoms with Gasteiger partial charge in [0.05, 0.1) is 12.7 Å². The number of nitrogens with zero attached hydrogens (tertiary/aromatic N) is 2. The molecule has 0 bridgehead atoms. The molecule has 0 aliphatic carbocycles. The summed E-state index contributed by atoms with van der Waals surface area (Å²) in [5, 5.41) is 9.45. The molecule has 148 valence electrons. The van der Waals surface area contributed by atoms with Gasteiger partial charge in [0.2, 0.25) is 0 Å². The molecule has 1 aliphatic heterocycles. The number of hydrogen-bond acceptors (Lipinski definition) is 5. The van der Waals surface area contributed by atoms with Gasteiger partial charge in [0, 0.05) is 19.2 Å². The summed E-state index contributed by atoms with van der Waals surface area (Å²) < 4.78 is 10.4. The fourth-order valence-corrected chi connectivity index (χ4v) is 2.96. The third-order valence-corrected chi connectivity index (χ3v) is 4.59. The minimum Gasteiger partial charge on any atom is -0.465 e. The molecule has 2 rings (SSSR count). The van der Waals surface area contributed by atoms with Crippen molar-refractivity contribution in [3.63, 3.8) is 0 Å². The summed E-state index contributed by atoms with van der Waals surface area (Å²) in [6.45, 7) is 8.26. The second kappa shape index (κ2) is 9.75. The molecular weight excluding hydrogens is 356 g/mol. The van der Waals surface area contributed by atoms with Gasteiger partial charge >= 0.3 is 12.1 Å². The van der Waals surface area contributed by atoms with E-state index in [2.05, 4.69) is 6.58 Å². The average molecular weight is 382 g/mol. The summed E-state index contributed by atoms with van der Waals surface area (Å²) in [5.74, 6) is -0.561. The zero-order valence-corrected chi connectivity index (χ0v) is 16.4. The molecule has 0 aromatic heterocycles. The molecule has 0 spiro atoms. The van der Waals surface area contributed by atoms with Crippen LogP contribution in [0.1, 0.15) is 38.7 Å². The van der Waals surface area contributed by atoms with E-state index in [0.29, 0.717) is 12.1 Å². The van der Waals surface area contributed by atoms with Crippen molar-refractivity contribution in [1.29, 1.82) is 5.26 Å². The highest BCUT2D eigenvalue weighted by molar-refractivity contribution is 5.80. The number of carbonyl (C=O) groups excluding carboxylic acids is 2. The third kappa shape index (κ3) is 5.46. The SMILES string of the molecule is C=C(CC(C)(C#N)C(=O)OCC)C1=CN(C(=O)OCc2ccccc2)CCC1. The van der Waals surface area contributed by atoms with Crippen LogP contribution in [0.2, 0.25) is 0 Å². The summed E-state index contributed by atoms with van der Waals surface area (Å²) in [6, 6.07) is 11.5. The molecule has 0 radical (unpaired) electrons. The van der Waals surface area contributed by atoms with Gasteiger partial charge in [-0.3, -0.25) is 9.69 Å². The van der Waals surface area contributed by atoms with Crippen molar-refractivity contribution in [2.75, 3.05) is 13.2 Å². The normalized spacial score (nSPS) is 15.6. The van der Waals surface area contributed by atoms with Gasteiger partial charge in [-0.25, -0.2) is 4.79 Å². The molecule has 1 aromatic carbocycles. The molecule has 0 fully saturated rings. The molecule has 1 aromatic rings. The molecule has 1 amide bonds. The van der Waals surface area contributed by atoms with Crippen LogP contribution in [0.5, 0.6) is 0 Å². The predicted octanol–water partition coefficient (Wildman–Crippen LogP) is 4.34. The van der Waals surface area contributed by atoms with Crippen molar-refractivity contribution in [3.8, 4) is 6.07 Å². The van der Waals surface area contributed by atoms with Gasteiger partial charge in [-0.15, -0.1) is 0 Å². The number of benzene rings is 1. The Hall–Kier alpha value is -3.07. The molecule has 6 nitrogen and oxygen atoms in total. The number of esters is 1. The molecular formula is C22H26N2O4. The monoisotopic (exact) mass is 382 g/mol. The molecule has 1 heterocycles. The van der Waals surface area contributed by atoms with Gasteiger partial charge in [-0.05, 0) is 43.4 Å². The number of ether oxygens (including phenoxy) is 2. The quantitative estimate of drug-likeness (QED) is 0.655. The first-order valence-electron chi connectivity index (χ1n) is 9.34. The Morgan fingerprint density at radius 3 is 2.64 bits per heavy atom. The lowest BCUT2D eigenvalue weighted by Crippen LogP contribution is -2.32. The third-order valence-electron chi connectivity index (χ3n) is 4.59. The van der Waals surface area contributed by atoms with Gasteiger partial charge < -0.3 is 9.47 Å².